The molecule has 0 aromatic rings. The standard InChI is InChI=1S/C12H21NO5S/c1-17-10-11-5-7-13(8-6-11)19(15,16)9-3-4-12(14)18-2/h5H,3-4,6-10H2,1-2H3. The van der Waals surface area contributed by atoms with Gasteiger partial charge in [0.05, 0.1) is 19.5 Å². The zero-order valence-corrected chi connectivity index (χ0v) is 12.2. The van der Waals surface area contributed by atoms with Crippen LogP contribution in [0, 0.1) is 0 Å². The van der Waals surface area contributed by atoms with Gasteiger partial charge >= 0.3 is 5.97 Å². The van der Waals surface area contributed by atoms with Crippen LogP contribution < -0.4 is 0 Å². The van der Waals surface area contributed by atoms with Crippen molar-refractivity contribution in [3.8, 4) is 0 Å². The van der Waals surface area contributed by atoms with Crippen molar-refractivity contribution in [1.29, 1.82) is 0 Å². The highest BCUT2D eigenvalue weighted by Gasteiger charge is 2.23. The van der Waals surface area contributed by atoms with Crippen LogP contribution in [0.25, 0.3) is 0 Å². The summed E-state index contributed by atoms with van der Waals surface area (Å²) in [4.78, 5) is 10.9. The van der Waals surface area contributed by atoms with Crippen molar-refractivity contribution in [3.63, 3.8) is 0 Å². The van der Waals surface area contributed by atoms with E-state index in [-0.39, 0.29) is 18.1 Å². The second-order valence-corrected chi connectivity index (χ2v) is 6.49. The fourth-order valence-electron chi connectivity index (χ4n) is 1.89. The predicted octanol–water partition coefficient (Wildman–Crippen LogP) is 0.548. The van der Waals surface area contributed by atoms with Crippen LogP contribution in [0.4, 0.5) is 0 Å². The van der Waals surface area contributed by atoms with Gasteiger partial charge in [0.2, 0.25) is 10.0 Å². The van der Waals surface area contributed by atoms with Crippen LogP contribution in [0.15, 0.2) is 11.6 Å². The van der Waals surface area contributed by atoms with Crippen molar-refractivity contribution in [3.05, 3.63) is 11.6 Å². The van der Waals surface area contributed by atoms with Crippen LogP contribution in [0.3, 0.4) is 0 Å². The van der Waals surface area contributed by atoms with Crippen molar-refractivity contribution in [1.82, 2.24) is 4.31 Å². The van der Waals surface area contributed by atoms with Gasteiger partial charge in [-0.1, -0.05) is 6.08 Å². The highest BCUT2D eigenvalue weighted by atomic mass is 32.2. The molecule has 0 unspecified atom stereocenters. The first-order valence-corrected chi connectivity index (χ1v) is 7.82. The highest BCUT2D eigenvalue weighted by molar-refractivity contribution is 7.89. The van der Waals surface area contributed by atoms with E-state index in [0.717, 1.165) is 5.57 Å². The Balaban J connectivity index is 2.44. The molecule has 0 atom stereocenters. The first kappa shape index (κ1) is 16.1. The van der Waals surface area contributed by atoms with Gasteiger partial charge in [-0.25, -0.2) is 8.42 Å². The number of carbonyl (C=O) groups excluding carboxylic acids is 1. The molecule has 0 aromatic carbocycles. The van der Waals surface area contributed by atoms with E-state index in [0.29, 0.717) is 32.5 Å². The van der Waals surface area contributed by atoms with Gasteiger partial charge in [-0.15, -0.1) is 0 Å². The van der Waals surface area contributed by atoms with Crippen LogP contribution in [0.5, 0.6) is 0 Å². The molecule has 0 bridgehead atoms. The number of ether oxygens (including phenoxy) is 2. The number of esters is 1. The normalized spacial score (nSPS) is 17.1. The van der Waals surface area contributed by atoms with E-state index < -0.39 is 10.0 Å². The minimum absolute atomic E-state index is 0.0183. The van der Waals surface area contributed by atoms with Gasteiger partial charge in [-0.2, -0.15) is 4.31 Å². The second-order valence-electron chi connectivity index (χ2n) is 4.40. The topological polar surface area (TPSA) is 72.9 Å². The molecule has 0 N–H and O–H groups in total. The molecule has 6 nitrogen and oxygen atoms in total. The first-order valence-electron chi connectivity index (χ1n) is 6.21. The van der Waals surface area contributed by atoms with Crippen LogP contribution in [-0.4, -0.2) is 58.4 Å². The summed E-state index contributed by atoms with van der Waals surface area (Å²) < 4.78 is 35.0. The van der Waals surface area contributed by atoms with Crippen molar-refractivity contribution in [2.24, 2.45) is 0 Å². The van der Waals surface area contributed by atoms with Gasteiger partial charge in [-0.05, 0) is 18.4 Å². The number of hydrogen-bond acceptors (Lipinski definition) is 5. The average molecular weight is 291 g/mol. The number of sulfonamides is 1. The third-order valence-corrected chi connectivity index (χ3v) is 4.92. The first-order chi connectivity index (χ1) is 8.99. The Bertz CT molecular complexity index is 429. The van der Waals surface area contributed by atoms with E-state index in [9.17, 15) is 13.2 Å². The minimum Gasteiger partial charge on any atom is -0.469 e. The molecular formula is C12H21NO5S. The summed E-state index contributed by atoms with van der Waals surface area (Å²) in [5.41, 5.74) is 1.13. The van der Waals surface area contributed by atoms with Crippen LogP contribution in [-0.2, 0) is 24.3 Å². The van der Waals surface area contributed by atoms with Gasteiger partial charge in [0.25, 0.3) is 0 Å². The van der Waals surface area contributed by atoms with E-state index in [1.165, 1.54) is 11.4 Å². The van der Waals surface area contributed by atoms with E-state index >= 15 is 0 Å². The monoisotopic (exact) mass is 291 g/mol. The molecule has 0 saturated heterocycles. The molecular weight excluding hydrogens is 270 g/mol. The molecule has 1 aliphatic heterocycles. The Morgan fingerprint density at radius 3 is 2.68 bits per heavy atom. The average Bonchev–Trinajstić information content (AvgIpc) is 2.39. The van der Waals surface area contributed by atoms with Crippen molar-refractivity contribution < 1.29 is 22.7 Å². The zero-order valence-electron chi connectivity index (χ0n) is 11.4. The number of methoxy groups -OCH3 is 2. The lowest BCUT2D eigenvalue weighted by atomic mass is 10.1. The lowest BCUT2D eigenvalue weighted by Gasteiger charge is -2.25. The molecule has 0 spiro atoms. The summed E-state index contributed by atoms with van der Waals surface area (Å²) >= 11 is 0. The lowest BCUT2D eigenvalue weighted by molar-refractivity contribution is -0.140. The third kappa shape index (κ3) is 5.30. The quantitative estimate of drug-likeness (QED) is 0.506. The Labute approximate surface area is 114 Å². The predicted molar refractivity (Wildman–Crippen MR) is 71.2 cm³/mol. The fourth-order valence-corrected chi connectivity index (χ4v) is 3.33. The number of rotatable bonds is 7. The third-order valence-electron chi connectivity index (χ3n) is 3.00. The van der Waals surface area contributed by atoms with Gasteiger partial charge in [0.1, 0.15) is 0 Å². The summed E-state index contributed by atoms with van der Waals surface area (Å²) in [7, 11) is -0.368. The fraction of sp³-hybridized carbons (Fsp3) is 0.750. The smallest absolute Gasteiger partial charge is 0.305 e. The zero-order chi connectivity index (χ0) is 14.3. The van der Waals surface area contributed by atoms with Crippen molar-refractivity contribution >= 4 is 16.0 Å². The van der Waals surface area contributed by atoms with Crippen molar-refractivity contribution in [2.75, 3.05) is 39.7 Å². The Hall–Kier alpha value is -0.920. The largest absolute Gasteiger partial charge is 0.469 e. The molecule has 1 heterocycles. The molecule has 0 aromatic heterocycles. The molecule has 0 amide bonds. The van der Waals surface area contributed by atoms with Crippen LogP contribution >= 0.6 is 0 Å². The number of hydrogen-bond donors (Lipinski definition) is 0. The molecule has 7 heteroatoms. The summed E-state index contributed by atoms with van der Waals surface area (Å²) in [6, 6.07) is 0. The lowest BCUT2D eigenvalue weighted by Crippen LogP contribution is -2.37. The summed E-state index contributed by atoms with van der Waals surface area (Å²) in [6.45, 7) is 1.42. The number of carbonyl (C=O) groups is 1. The van der Waals surface area contributed by atoms with Gasteiger partial charge in [0, 0.05) is 26.6 Å². The van der Waals surface area contributed by atoms with Gasteiger partial charge in [0.15, 0.2) is 0 Å². The molecule has 0 aliphatic carbocycles. The molecule has 110 valence electrons. The van der Waals surface area contributed by atoms with Gasteiger partial charge < -0.3 is 9.47 Å². The van der Waals surface area contributed by atoms with Gasteiger partial charge in [-0.3, -0.25) is 4.79 Å². The molecule has 0 fully saturated rings. The molecule has 19 heavy (non-hydrogen) atoms. The van der Waals surface area contributed by atoms with Crippen LogP contribution in [0.2, 0.25) is 0 Å². The maximum Gasteiger partial charge on any atom is 0.305 e. The number of nitrogens with zero attached hydrogens (tertiary/aromatic N) is 1. The second kappa shape index (κ2) is 7.62. The Kier molecular flexibility index (Phi) is 6.47. The molecule has 0 saturated carbocycles. The van der Waals surface area contributed by atoms with E-state index in [4.69, 9.17) is 4.74 Å². The maximum absolute atomic E-state index is 12.0. The SMILES string of the molecule is COCC1=CCN(S(=O)(=O)CCCC(=O)OC)CC1. The summed E-state index contributed by atoms with van der Waals surface area (Å²) in [5, 5.41) is 0. The molecule has 1 rings (SSSR count). The minimum atomic E-state index is -3.29. The summed E-state index contributed by atoms with van der Waals surface area (Å²) in [5.74, 6) is -0.397. The molecule has 1 aliphatic rings. The maximum atomic E-state index is 12.0. The van der Waals surface area contributed by atoms with E-state index in [2.05, 4.69) is 4.74 Å². The van der Waals surface area contributed by atoms with Crippen molar-refractivity contribution in [2.45, 2.75) is 19.3 Å². The van der Waals surface area contributed by atoms with Crippen LogP contribution in [0.1, 0.15) is 19.3 Å². The Morgan fingerprint density at radius 1 is 1.42 bits per heavy atom. The van der Waals surface area contributed by atoms with E-state index in [1.807, 2.05) is 6.08 Å². The molecule has 0 radical (unpaired) electrons. The highest BCUT2D eigenvalue weighted by Crippen LogP contribution is 2.15. The van der Waals surface area contributed by atoms with E-state index in [1.54, 1.807) is 7.11 Å². The summed E-state index contributed by atoms with van der Waals surface area (Å²) in [6.07, 6.45) is 3.02. The Morgan fingerprint density at radius 2 is 2.16 bits per heavy atom.